The van der Waals surface area contributed by atoms with Gasteiger partial charge in [0.15, 0.2) is 6.10 Å². The fourth-order valence-corrected chi connectivity index (χ4v) is 5.43. The average Bonchev–Trinajstić information content (AvgIpc) is 3.23. The summed E-state index contributed by atoms with van der Waals surface area (Å²) in [7, 11) is 0. The lowest BCUT2D eigenvalue weighted by atomic mass is 10.1. The van der Waals surface area contributed by atoms with E-state index in [9.17, 15) is 14.4 Å². The molecule has 0 N–H and O–H groups in total. The van der Waals surface area contributed by atoms with Crippen molar-refractivity contribution in [2.45, 2.75) is 168 Å². The molecule has 0 bridgehead atoms. The number of ether oxygens (including phenoxy) is 3. The highest BCUT2D eigenvalue weighted by Gasteiger charge is 2.19. The quantitative estimate of drug-likeness (QED) is 0.0203. The summed E-state index contributed by atoms with van der Waals surface area (Å²) in [5.41, 5.74) is 0. The minimum absolute atomic E-state index is 0.123. The van der Waals surface area contributed by atoms with Crippen molar-refractivity contribution in [2.75, 3.05) is 13.2 Å². The second-order valence-corrected chi connectivity index (χ2v) is 14.4. The van der Waals surface area contributed by atoms with Crippen LogP contribution in [0.2, 0.25) is 0 Å². The maximum Gasteiger partial charge on any atom is 0.306 e. The first kappa shape index (κ1) is 54.6. The summed E-state index contributed by atoms with van der Waals surface area (Å²) in [6.45, 7) is 6.19. The molecule has 0 aliphatic rings. The van der Waals surface area contributed by atoms with Gasteiger partial charge in [-0.1, -0.05) is 193 Å². The smallest absolute Gasteiger partial charge is 0.306 e. The molecule has 0 radical (unpaired) electrons. The minimum atomic E-state index is -0.829. The van der Waals surface area contributed by atoms with Gasteiger partial charge in [-0.3, -0.25) is 14.4 Å². The number of esters is 3. The Labute approximate surface area is 360 Å². The van der Waals surface area contributed by atoms with E-state index in [0.717, 1.165) is 83.5 Å². The standard InChI is InChI=1S/C53H80O6/c1-4-7-10-13-16-19-22-23-24-25-26-27-28-29-32-34-37-40-43-46-52(55)58-49-50(59-53(56)47-44-41-38-35-31-21-18-15-12-9-6-3)48-57-51(54)45-42-39-36-33-30-20-17-14-11-8-5-2/h7,9-10,12-14,16-19,21-29,32,35,38,50H,4-6,8,11,15,20,30-31,33-34,36-37,39-49H2,1-3H3/b10-7-,12-9-,16-13-,17-14-,21-18-,22-19-,24-23-,26-25+,28-27-,32-29-,38-35-. The SMILES string of the molecule is CC\C=C/C=C\C=C/C=C\C=C\C=C/C=C\CCCCCC(=O)OCC(COC(=O)CCCCCCC/C=C\CCCC)OC(=O)CCC/C=C\C/C=C\C/C=C\CC. The zero-order valence-corrected chi connectivity index (χ0v) is 37.2. The van der Waals surface area contributed by atoms with Crippen molar-refractivity contribution < 1.29 is 28.6 Å². The van der Waals surface area contributed by atoms with E-state index < -0.39 is 6.10 Å². The Morgan fingerprint density at radius 3 is 1.32 bits per heavy atom. The van der Waals surface area contributed by atoms with E-state index in [1.807, 2.05) is 72.9 Å². The molecule has 0 saturated carbocycles. The summed E-state index contributed by atoms with van der Waals surface area (Å²) < 4.78 is 16.6. The average molecular weight is 813 g/mol. The normalized spacial score (nSPS) is 13.3. The first-order valence-corrected chi connectivity index (χ1v) is 22.8. The summed E-state index contributed by atoms with van der Waals surface area (Å²) in [5.74, 6) is -1.05. The molecule has 1 atom stereocenters. The molecule has 0 spiro atoms. The largest absolute Gasteiger partial charge is 0.462 e. The molecular weight excluding hydrogens is 733 g/mol. The van der Waals surface area contributed by atoms with Crippen molar-refractivity contribution in [2.24, 2.45) is 0 Å². The number of hydrogen-bond acceptors (Lipinski definition) is 6. The lowest BCUT2D eigenvalue weighted by Crippen LogP contribution is -2.30. The lowest BCUT2D eigenvalue weighted by Gasteiger charge is -2.18. The number of hydrogen-bond donors (Lipinski definition) is 0. The maximum atomic E-state index is 12.7. The molecule has 328 valence electrons. The van der Waals surface area contributed by atoms with E-state index in [1.54, 1.807) is 0 Å². The Hall–Kier alpha value is -4.45. The van der Waals surface area contributed by atoms with Crippen LogP contribution in [0.1, 0.15) is 162 Å². The van der Waals surface area contributed by atoms with Crippen LogP contribution in [0.3, 0.4) is 0 Å². The molecule has 59 heavy (non-hydrogen) atoms. The topological polar surface area (TPSA) is 78.9 Å². The van der Waals surface area contributed by atoms with Gasteiger partial charge in [-0.2, -0.15) is 0 Å². The van der Waals surface area contributed by atoms with Gasteiger partial charge in [-0.25, -0.2) is 0 Å². The Morgan fingerprint density at radius 2 is 0.763 bits per heavy atom. The lowest BCUT2D eigenvalue weighted by molar-refractivity contribution is -0.167. The molecule has 6 heteroatoms. The van der Waals surface area contributed by atoms with Gasteiger partial charge in [0.25, 0.3) is 0 Å². The van der Waals surface area contributed by atoms with Crippen molar-refractivity contribution in [3.8, 4) is 0 Å². The number of carbonyl (C=O) groups excluding carboxylic acids is 3. The van der Waals surface area contributed by atoms with Crippen LogP contribution in [0.15, 0.2) is 134 Å². The van der Waals surface area contributed by atoms with Crippen molar-refractivity contribution in [3.63, 3.8) is 0 Å². The Balaban J connectivity index is 4.56. The molecule has 0 saturated heterocycles. The van der Waals surface area contributed by atoms with E-state index in [4.69, 9.17) is 14.2 Å². The molecule has 0 aliphatic carbocycles. The number of carbonyl (C=O) groups is 3. The highest BCUT2D eigenvalue weighted by molar-refractivity contribution is 5.71. The molecule has 0 heterocycles. The molecule has 0 aliphatic heterocycles. The Kier molecular flexibility index (Phi) is 42.8. The fraction of sp³-hybridized carbons (Fsp3) is 0.528. The first-order valence-electron chi connectivity index (χ1n) is 22.8. The fourth-order valence-electron chi connectivity index (χ4n) is 5.43. The predicted molar refractivity (Wildman–Crippen MR) is 251 cm³/mol. The van der Waals surface area contributed by atoms with Crippen LogP contribution < -0.4 is 0 Å². The van der Waals surface area contributed by atoms with Crippen LogP contribution in [0.25, 0.3) is 0 Å². The maximum absolute atomic E-state index is 12.7. The molecule has 0 aromatic heterocycles. The first-order chi connectivity index (χ1) is 29.0. The van der Waals surface area contributed by atoms with Gasteiger partial charge < -0.3 is 14.2 Å². The van der Waals surface area contributed by atoms with Crippen LogP contribution in [0, 0.1) is 0 Å². The van der Waals surface area contributed by atoms with Gasteiger partial charge in [-0.15, -0.1) is 0 Å². The van der Waals surface area contributed by atoms with Gasteiger partial charge >= 0.3 is 17.9 Å². The van der Waals surface area contributed by atoms with E-state index in [2.05, 4.69) is 81.5 Å². The third kappa shape index (κ3) is 44.5. The monoisotopic (exact) mass is 813 g/mol. The zero-order valence-electron chi connectivity index (χ0n) is 37.2. The summed E-state index contributed by atoms with van der Waals surface area (Å²) in [5, 5.41) is 0. The van der Waals surface area contributed by atoms with Gasteiger partial charge in [0.1, 0.15) is 13.2 Å². The van der Waals surface area contributed by atoms with E-state index in [-0.39, 0.29) is 44.0 Å². The predicted octanol–water partition coefficient (Wildman–Crippen LogP) is 14.7. The van der Waals surface area contributed by atoms with E-state index >= 15 is 0 Å². The molecule has 0 rings (SSSR count). The second kappa shape index (κ2) is 46.2. The van der Waals surface area contributed by atoms with Crippen LogP contribution >= 0.6 is 0 Å². The van der Waals surface area contributed by atoms with Crippen LogP contribution in [0.5, 0.6) is 0 Å². The summed E-state index contributed by atoms with van der Waals surface area (Å²) in [6.07, 6.45) is 64.4. The molecule has 1 unspecified atom stereocenters. The summed E-state index contributed by atoms with van der Waals surface area (Å²) in [4.78, 5) is 37.7. The number of rotatable bonds is 38. The van der Waals surface area contributed by atoms with Crippen LogP contribution in [-0.4, -0.2) is 37.2 Å². The molecule has 0 aromatic carbocycles. The zero-order chi connectivity index (χ0) is 43.0. The van der Waals surface area contributed by atoms with Gasteiger partial charge in [0.05, 0.1) is 0 Å². The third-order valence-electron chi connectivity index (χ3n) is 8.81. The van der Waals surface area contributed by atoms with Gasteiger partial charge in [-0.05, 0) is 83.5 Å². The van der Waals surface area contributed by atoms with Crippen molar-refractivity contribution in [1.29, 1.82) is 0 Å². The summed E-state index contributed by atoms with van der Waals surface area (Å²) in [6, 6.07) is 0. The highest BCUT2D eigenvalue weighted by Crippen LogP contribution is 2.11. The Morgan fingerprint density at radius 1 is 0.373 bits per heavy atom. The van der Waals surface area contributed by atoms with Crippen molar-refractivity contribution in [3.05, 3.63) is 134 Å². The van der Waals surface area contributed by atoms with Crippen molar-refractivity contribution >= 4 is 17.9 Å². The molecular formula is C53H80O6. The van der Waals surface area contributed by atoms with Gasteiger partial charge in [0.2, 0.25) is 0 Å². The molecule has 6 nitrogen and oxygen atoms in total. The number of unbranched alkanes of at least 4 members (excludes halogenated alkanes) is 11. The summed E-state index contributed by atoms with van der Waals surface area (Å²) >= 11 is 0. The third-order valence-corrected chi connectivity index (χ3v) is 8.81. The van der Waals surface area contributed by atoms with Crippen molar-refractivity contribution in [1.82, 2.24) is 0 Å². The number of allylic oxidation sites excluding steroid dienone is 22. The molecule has 0 amide bonds. The second-order valence-electron chi connectivity index (χ2n) is 14.4. The molecule has 0 aromatic rings. The van der Waals surface area contributed by atoms with Crippen LogP contribution in [0.4, 0.5) is 0 Å². The van der Waals surface area contributed by atoms with Crippen LogP contribution in [-0.2, 0) is 28.6 Å². The van der Waals surface area contributed by atoms with E-state index in [0.29, 0.717) is 19.3 Å². The highest BCUT2D eigenvalue weighted by atomic mass is 16.6. The Bertz CT molecular complexity index is 1350. The van der Waals surface area contributed by atoms with Gasteiger partial charge in [0, 0.05) is 19.3 Å². The van der Waals surface area contributed by atoms with E-state index in [1.165, 1.54) is 25.7 Å². The molecule has 0 fully saturated rings. The minimum Gasteiger partial charge on any atom is -0.462 e.